The molecule has 0 heterocycles. The highest BCUT2D eigenvalue weighted by atomic mass is 28.5. The summed E-state index contributed by atoms with van der Waals surface area (Å²) in [6.07, 6.45) is 0. The van der Waals surface area contributed by atoms with Crippen molar-refractivity contribution >= 4 is 76.0 Å². The second-order valence-corrected chi connectivity index (χ2v) is 25.7. The Morgan fingerprint density at radius 2 is 0.769 bits per heavy atom. The predicted molar refractivity (Wildman–Crippen MR) is 176 cm³/mol. The van der Waals surface area contributed by atoms with Crippen molar-refractivity contribution in [2.75, 3.05) is 0 Å². The van der Waals surface area contributed by atoms with Crippen LogP contribution in [0.25, 0.3) is 0 Å². The SMILES string of the molecule is C[SiH2]O[SiH](O[SiH](O[SiH](O[SiH](O[Si](C)(C)C)c1ccccc1)c1ccccc1)c1ccccc1)c1ccccc1. The maximum atomic E-state index is 7.06. The molecule has 0 N–H and O–H groups in total. The van der Waals surface area contributed by atoms with Crippen LogP contribution in [-0.4, -0.2) is 55.2 Å². The van der Waals surface area contributed by atoms with Crippen LogP contribution < -0.4 is 20.7 Å². The topological polar surface area (TPSA) is 46.2 Å². The molecule has 4 aromatic carbocycles. The number of hydrogen-bond donors (Lipinski definition) is 0. The van der Waals surface area contributed by atoms with Gasteiger partial charge in [-0.2, -0.15) is 0 Å². The average molecular weight is 623 g/mol. The molecule has 204 valence electrons. The zero-order valence-electron chi connectivity index (χ0n) is 23.1. The van der Waals surface area contributed by atoms with Gasteiger partial charge < -0.3 is 20.6 Å². The van der Waals surface area contributed by atoms with Crippen molar-refractivity contribution in [1.29, 1.82) is 0 Å². The van der Waals surface area contributed by atoms with E-state index in [1.165, 1.54) is 0 Å². The van der Waals surface area contributed by atoms with Crippen molar-refractivity contribution in [1.82, 2.24) is 0 Å². The maximum Gasteiger partial charge on any atom is 0.338 e. The molecule has 5 nitrogen and oxygen atoms in total. The number of rotatable bonds is 14. The van der Waals surface area contributed by atoms with E-state index in [9.17, 15) is 0 Å². The van der Waals surface area contributed by atoms with E-state index in [0.29, 0.717) is 0 Å². The molecule has 39 heavy (non-hydrogen) atoms. The largest absolute Gasteiger partial charge is 0.441 e. The van der Waals surface area contributed by atoms with Crippen LogP contribution in [0, 0.1) is 0 Å². The van der Waals surface area contributed by atoms with Gasteiger partial charge in [-0.1, -0.05) is 128 Å². The lowest BCUT2D eigenvalue weighted by molar-refractivity contribution is 0.350. The Kier molecular flexibility index (Phi) is 11.6. The Labute approximate surface area is 243 Å². The van der Waals surface area contributed by atoms with E-state index in [2.05, 4.69) is 86.9 Å². The van der Waals surface area contributed by atoms with Gasteiger partial charge in [0.2, 0.25) is 0 Å². The molecule has 11 heteroatoms. The lowest BCUT2D eigenvalue weighted by Crippen LogP contribution is -2.56. The molecule has 0 radical (unpaired) electrons. The van der Waals surface area contributed by atoms with E-state index in [1.807, 2.05) is 60.7 Å². The summed E-state index contributed by atoms with van der Waals surface area (Å²) in [5, 5.41) is 4.45. The third-order valence-corrected chi connectivity index (χ3v) is 21.7. The Balaban J connectivity index is 1.69. The molecule has 0 saturated heterocycles. The average Bonchev–Trinajstić information content (AvgIpc) is 2.96. The molecule has 0 saturated carbocycles. The van der Waals surface area contributed by atoms with Gasteiger partial charge in [-0.15, -0.1) is 0 Å². The number of benzene rings is 4. The second-order valence-electron chi connectivity index (χ2n) is 10.1. The molecular weight excluding hydrogens is 585 g/mol. The Morgan fingerprint density at radius 3 is 1.13 bits per heavy atom. The zero-order valence-corrected chi connectivity index (χ0v) is 30.1. The van der Waals surface area contributed by atoms with Gasteiger partial charge in [-0.05, 0) is 40.4 Å². The molecule has 0 bridgehead atoms. The van der Waals surface area contributed by atoms with Crippen molar-refractivity contribution in [3.05, 3.63) is 121 Å². The molecule has 4 atom stereocenters. The summed E-state index contributed by atoms with van der Waals surface area (Å²) in [5.41, 5.74) is 0. The summed E-state index contributed by atoms with van der Waals surface area (Å²) in [7, 11) is -11.8. The van der Waals surface area contributed by atoms with E-state index in [1.54, 1.807) is 0 Å². The van der Waals surface area contributed by atoms with E-state index < -0.39 is 55.2 Å². The van der Waals surface area contributed by atoms with E-state index in [4.69, 9.17) is 20.6 Å². The standard InChI is InChI=1S/C28H38O5Si6/c1-34-29-35(25-17-9-5-10-18-25)30-36(26-19-11-6-12-20-26)31-37(27-21-13-7-14-22-27)32-38(33-39(2,3)4)28-23-15-8-16-24-28/h5-24,35-38H,34H2,1-4H3. The van der Waals surface area contributed by atoms with Crippen LogP contribution in [0.1, 0.15) is 0 Å². The molecule has 0 aliphatic rings. The van der Waals surface area contributed by atoms with Gasteiger partial charge >= 0.3 is 37.1 Å². The van der Waals surface area contributed by atoms with Gasteiger partial charge in [-0.25, -0.2) is 0 Å². The first kappa shape index (κ1) is 30.0. The van der Waals surface area contributed by atoms with E-state index in [0.717, 1.165) is 20.7 Å². The molecule has 4 rings (SSSR count). The van der Waals surface area contributed by atoms with Gasteiger partial charge in [0.1, 0.15) is 9.76 Å². The zero-order chi connectivity index (χ0) is 27.5. The molecule has 0 aliphatic heterocycles. The van der Waals surface area contributed by atoms with Gasteiger partial charge in [0.05, 0.1) is 0 Å². The second kappa shape index (κ2) is 15.1. The third kappa shape index (κ3) is 9.54. The van der Waals surface area contributed by atoms with Gasteiger partial charge in [0.15, 0.2) is 8.32 Å². The van der Waals surface area contributed by atoms with Crippen molar-refractivity contribution in [3.8, 4) is 0 Å². The maximum absolute atomic E-state index is 7.06. The van der Waals surface area contributed by atoms with Crippen LogP contribution in [0.3, 0.4) is 0 Å². The molecule has 0 amide bonds. The van der Waals surface area contributed by atoms with Gasteiger partial charge in [0, 0.05) is 0 Å². The van der Waals surface area contributed by atoms with Crippen LogP contribution >= 0.6 is 0 Å². The molecule has 4 unspecified atom stereocenters. The first-order valence-electron chi connectivity index (χ1n) is 13.4. The summed E-state index contributed by atoms with van der Waals surface area (Å²) in [6, 6.07) is 41.4. The molecule has 4 aromatic rings. The van der Waals surface area contributed by atoms with Crippen LogP contribution in [0.5, 0.6) is 0 Å². The van der Waals surface area contributed by atoms with Gasteiger partial charge in [0.25, 0.3) is 0 Å². The fraction of sp³-hybridized carbons (Fsp3) is 0.143. The lowest BCUT2D eigenvalue weighted by Gasteiger charge is -2.32. The molecule has 0 aromatic heterocycles. The van der Waals surface area contributed by atoms with Crippen LogP contribution in [0.2, 0.25) is 26.2 Å². The first-order valence-corrected chi connectivity index (χ1v) is 24.9. The highest BCUT2D eigenvalue weighted by Gasteiger charge is 2.34. The molecule has 0 aliphatic carbocycles. The van der Waals surface area contributed by atoms with Crippen LogP contribution in [0.4, 0.5) is 0 Å². The van der Waals surface area contributed by atoms with Crippen molar-refractivity contribution in [2.24, 2.45) is 0 Å². The minimum absolute atomic E-state index is 0.675. The quantitative estimate of drug-likeness (QED) is 0.200. The van der Waals surface area contributed by atoms with Crippen LogP contribution in [-0.2, 0) is 20.6 Å². The summed E-state index contributed by atoms with van der Waals surface area (Å²) in [5.74, 6) is 0. The fourth-order valence-corrected chi connectivity index (χ4v) is 21.1. The van der Waals surface area contributed by atoms with Gasteiger partial charge in [-0.3, -0.25) is 0 Å². The smallest absolute Gasteiger partial charge is 0.338 e. The highest BCUT2D eigenvalue weighted by Crippen LogP contribution is 2.10. The molecule has 0 spiro atoms. The minimum atomic E-state index is -2.44. The summed E-state index contributed by atoms with van der Waals surface area (Å²) >= 11 is 0. The Hall–Kier alpha value is -2.02. The van der Waals surface area contributed by atoms with Crippen molar-refractivity contribution < 1.29 is 20.6 Å². The summed E-state index contributed by atoms with van der Waals surface area (Å²) in [6.45, 7) is 8.80. The molecular formula is C28H38O5Si6. The highest BCUT2D eigenvalue weighted by molar-refractivity contribution is 6.86. The normalized spacial score (nSPS) is 15.2. The van der Waals surface area contributed by atoms with Crippen molar-refractivity contribution in [2.45, 2.75) is 26.2 Å². The van der Waals surface area contributed by atoms with Crippen molar-refractivity contribution in [3.63, 3.8) is 0 Å². The Bertz CT molecular complexity index is 1230. The molecule has 0 fully saturated rings. The summed E-state index contributed by atoms with van der Waals surface area (Å²) in [4.78, 5) is 0. The first-order chi connectivity index (χ1) is 18.9. The van der Waals surface area contributed by atoms with Crippen LogP contribution in [0.15, 0.2) is 121 Å². The Morgan fingerprint density at radius 1 is 0.462 bits per heavy atom. The monoisotopic (exact) mass is 622 g/mol. The van der Waals surface area contributed by atoms with E-state index >= 15 is 0 Å². The van der Waals surface area contributed by atoms with E-state index in [-0.39, 0.29) is 0 Å². The third-order valence-electron chi connectivity index (χ3n) is 5.81. The lowest BCUT2D eigenvalue weighted by atomic mass is 10.4. The number of hydrogen-bond acceptors (Lipinski definition) is 5. The predicted octanol–water partition coefficient (Wildman–Crippen LogP) is 1.55. The minimum Gasteiger partial charge on any atom is -0.441 e. The fourth-order valence-electron chi connectivity index (χ4n) is 4.02. The summed E-state index contributed by atoms with van der Waals surface area (Å²) < 4.78 is 34.1.